The second-order valence-corrected chi connectivity index (χ2v) is 10.9. The highest BCUT2D eigenvalue weighted by Crippen LogP contribution is 2.54. The van der Waals surface area contributed by atoms with Gasteiger partial charge in [-0.3, -0.25) is 15.1 Å². The van der Waals surface area contributed by atoms with Crippen molar-refractivity contribution in [3.8, 4) is 0 Å². The predicted octanol–water partition coefficient (Wildman–Crippen LogP) is 7.23. The number of halogens is 3. The largest absolute Gasteiger partial charge is 0.371 e. The van der Waals surface area contributed by atoms with Crippen LogP contribution in [0.15, 0.2) is 48.7 Å². The molecule has 2 aromatic carbocycles. The number of hydrogen-bond acceptors (Lipinski definition) is 5. The van der Waals surface area contributed by atoms with Gasteiger partial charge in [0.25, 0.3) is 11.6 Å². The fourth-order valence-corrected chi connectivity index (χ4v) is 5.79. The Morgan fingerprint density at radius 1 is 0.921 bits per heavy atom. The number of aromatic nitrogens is 1. The maximum absolute atomic E-state index is 15.9. The molecule has 3 heterocycles. The first-order valence-electron chi connectivity index (χ1n) is 13.1. The topological polar surface area (TPSA) is 62.5 Å². The number of pyridine rings is 1. The summed E-state index contributed by atoms with van der Waals surface area (Å²) in [4.78, 5) is 19.5. The van der Waals surface area contributed by atoms with Gasteiger partial charge in [-0.2, -0.15) is 0 Å². The van der Waals surface area contributed by atoms with Crippen LogP contribution in [0.5, 0.6) is 0 Å². The fourth-order valence-electron chi connectivity index (χ4n) is 5.79. The molecule has 1 aliphatic carbocycles. The van der Waals surface area contributed by atoms with Crippen LogP contribution in [-0.4, -0.2) is 42.0 Å². The van der Waals surface area contributed by atoms with Gasteiger partial charge < -0.3 is 9.80 Å². The summed E-state index contributed by atoms with van der Waals surface area (Å²) in [5.41, 5.74) is 3.24. The predicted molar refractivity (Wildman–Crippen MR) is 143 cm³/mol. The minimum absolute atomic E-state index is 0.0229. The minimum Gasteiger partial charge on any atom is -0.371 e. The van der Waals surface area contributed by atoms with Gasteiger partial charge >= 0.3 is 0 Å². The van der Waals surface area contributed by atoms with Gasteiger partial charge in [-0.05, 0) is 61.4 Å². The average Bonchev–Trinajstić information content (AvgIpc) is 3.67. The van der Waals surface area contributed by atoms with Gasteiger partial charge in [0.15, 0.2) is 0 Å². The molecule has 6 nitrogen and oxygen atoms in total. The number of non-ortho nitro benzene ring substituents is 1. The Balaban J connectivity index is 1.37. The van der Waals surface area contributed by atoms with Gasteiger partial charge in [-0.15, -0.1) is 0 Å². The van der Waals surface area contributed by atoms with E-state index in [4.69, 9.17) is 0 Å². The number of nitro groups is 1. The van der Waals surface area contributed by atoms with Gasteiger partial charge in [-0.1, -0.05) is 6.07 Å². The zero-order chi connectivity index (χ0) is 26.5. The van der Waals surface area contributed by atoms with Gasteiger partial charge in [0.2, 0.25) is 0 Å². The lowest BCUT2D eigenvalue weighted by Gasteiger charge is -2.34. The van der Waals surface area contributed by atoms with Crippen molar-refractivity contribution in [3.05, 3.63) is 69.9 Å². The molecule has 0 N–H and O–H groups in total. The molecule has 2 aliphatic heterocycles. The average molecular weight is 523 g/mol. The molecule has 2 saturated heterocycles. The third kappa shape index (κ3) is 4.81. The van der Waals surface area contributed by atoms with Crippen LogP contribution in [0.4, 0.5) is 30.2 Å². The van der Waals surface area contributed by atoms with Crippen molar-refractivity contribution in [1.29, 1.82) is 0 Å². The van der Waals surface area contributed by atoms with Crippen molar-refractivity contribution in [2.45, 2.75) is 44.4 Å². The number of nitro benzene ring substituents is 1. The van der Waals surface area contributed by atoms with E-state index in [-0.39, 0.29) is 31.6 Å². The highest BCUT2D eigenvalue weighted by atomic mass is 19.3. The minimum atomic E-state index is -2.69. The Labute approximate surface area is 218 Å². The molecule has 9 heteroatoms. The number of benzene rings is 2. The molecule has 3 fully saturated rings. The molecule has 1 aromatic heterocycles. The molecule has 3 aliphatic rings. The first-order valence-corrected chi connectivity index (χ1v) is 13.1. The number of hydrogen-bond donors (Lipinski definition) is 0. The summed E-state index contributed by atoms with van der Waals surface area (Å²) in [5.74, 6) is -3.19. The summed E-state index contributed by atoms with van der Waals surface area (Å²) in [5, 5.41) is 12.2. The maximum Gasteiger partial charge on any atom is 0.271 e. The van der Waals surface area contributed by atoms with Crippen LogP contribution in [0.3, 0.4) is 0 Å². The maximum atomic E-state index is 15.9. The third-order valence-electron chi connectivity index (χ3n) is 8.43. The van der Waals surface area contributed by atoms with E-state index in [1.807, 2.05) is 11.0 Å². The van der Waals surface area contributed by atoms with Crippen LogP contribution in [-0.2, 0) is 0 Å². The smallest absolute Gasteiger partial charge is 0.271 e. The zero-order valence-corrected chi connectivity index (χ0v) is 21.0. The van der Waals surface area contributed by atoms with Crippen LogP contribution >= 0.6 is 0 Å². The molecular formula is C29H29F3N4O2. The standard InChI is InChI=1S/C29H29F3N4O2/c30-24(17-20-3-4-23(36(37)38)19-25(20)34-12-7-28(5-6-28)8-13-34)22-16-21-2-1-11-33-27(21)26(18-22)35-14-9-29(31,32)10-15-35/h1-4,11,16-19H,5-10,12-15H2. The molecule has 198 valence electrons. The molecule has 1 saturated carbocycles. The molecule has 0 unspecified atom stereocenters. The normalized spacial score (nSPS) is 20.7. The first-order chi connectivity index (χ1) is 18.2. The van der Waals surface area contributed by atoms with Crippen molar-refractivity contribution in [2.75, 3.05) is 36.0 Å². The van der Waals surface area contributed by atoms with Gasteiger partial charge in [-0.25, -0.2) is 13.2 Å². The van der Waals surface area contributed by atoms with Crippen LogP contribution < -0.4 is 9.80 Å². The molecule has 0 bridgehead atoms. The van der Waals surface area contributed by atoms with Gasteiger partial charge in [0, 0.05) is 73.9 Å². The Morgan fingerprint density at radius 3 is 2.29 bits per heavy atom. The zero-order valence-electron chi connectivity index (χ0n) is 21.0. The number of fused-ring (bicyclic) bond motifs is 1. The molecule has 0 amide bonds. The van der Waals surface area contributed by atoms with E-state index in [0.29, 0.717) is 33.4 Å². The molecule has 0 radical (unpaired) electrons. The van der Waals surface area contributed by atoms with E-state index < -0.39 is 16.7 Å². The van der Waals surface area contributed by atoms with E-state index >= 15 is 4.39 Å². The second kappa shape index (κ2) is 9.29. The number of rotatable bonds is 5. The Bertz CT molecular complexity index is 1420. The van der Waals surface area contributed by atoms with Crippen molar-refractivity contribution in [2.24, 2.45) is 5.41 Å². The number of anilines is 2. The summed E-state index contributed by atoms with van der Waals surface area (Å²) in [6.07, 6.45) is 7.11. The summed E-state index contributed by atoms with van der Waals surface area (Å²) >= 11 is 0. The van der Waals surface area contributed by atoms with Crippen molar-refractivity contribution in [3.63, 3.8) is 0 Å². The van der Waals surface area contributed by atoms with E-state index in [1.165, 1.54) is 31.1 Å². The molecule has 6 rings (SSSR count). The SMILES string of the molecule is O=[N+]([O-])c1ccc(C=C(F)c2cc(N3CCC(F)(F)CC3)c3ncccc3c2)c(N2CCC3(CC2)CC3)c1. The van der Waals surface area contributed by atoms with E-state index in [0.717, 1.165) is 31.3 Å². The summed E-state index contributed by atoms with van der Waals surface area (Å²) in [6.45, 7) is 1.90. The highest BCUT2D eigenvalue weighted by Gasteiger charge is 2.44. The van der Waals surface area contributed by atoms with Crippen molar-refractivity contribution < 1.29 is 18.1 Å². The van der Waals surface area contributed by atoms with E-state index in [1.54, 1.807) is 30.5 Å². The summed E-state index contributed by atoms with van der Waals surface area (Å²) in [6, 6.07) is 11.5. The summed E-state index contributed by atoms with van der Waals surface area (Å²) < 4.78 is 43.5. The summed E-state index contributed by atoms with van der Waals surface area (Å²) in [7, 11) is 0. The van der Waals surface area contributed by atoms with Crippen LogP contribution in [0.1, 0.15) is 49.7 Å². The van der Waals surface area contributed by atoms with Crippen molar-refractivity contribution in [1.82, 2.24) is 4.98 Å². The monoisotopic (exact) mass is 522 g/mol. The van der Waals surface area contributed by atoms with E-state index in [2.05, 4.69) is 9.88 Å². The lowest BCUT2D eigenvalue weighted by Crippen LogP contribution is -2.39. The Hall–Kier alpha value is -3.62. The lowest BCUT2D eigenvalue weighted by atomic mass is 9.93. The highest BCUT2D eigenvalue weighted by molar-refractivity contribution is 5.95. The molecule has 3 aromatic rings. The lowest BCUT2D eigenvalue weighted by molar-refractivity contribution is -0.384. The van der Waals surface area contributed by atoms with Crippen molar-refractivity contribution >= 4 is 39.9 Å². The Morgan fingerprint density at radius 2 is 1.61 bits per heavy atom. The molecule has 1 spiro atoms. The van der Waals surface area contributed by atoms with Crippen LogP contribution in [0.2, 0.25) is 0 Å². The molecular weight excluding hydrogens is 493 g/mol. The van der Waals surface area contributed by atoms with Gasteiger partial charge in [0.1, 0.15) is 5.83 Å². The first kappa shape index (κ1) is 24.7. The fraction of sp³-hybridized carbons (Fsp3) is 0.414. The molecule has 38 heavy (non-hydrogen) atoms. The van der Waals surface area contributed by atoms with Gasteiger partial charge in [0.05, 0.1) is 21.8 Å². The van der Waals surface area contributed by atoms with E-state index in [9.17, 15) is 18.9 Å². The number of alkyl halides is 2. The Kier molecular flexibility index (Phi) is 6.04. The van der Waals surface area contributed by atoms with Crippen LogP contribution in [0.25, 0.3) is 22.8 Å². The van der Waals surface area contributed by atoms with Crippen LogP contribution in [0, 0.1) is 15.5 Å². The second-order valence-electron chi connectivity index (χ2n) is 10.9. The third-order valence-corrected chi connectivity index (χ3v) is 8.43. The number of piperidine rings is 2. The number of nitrogens with zero attached hydrogens (tertiary/aromatic N) is 4. The quantitative estimate of drug-likeness (QED) is 0.201. The molecule has 0 atom stereocenters.